The highest BCUT2D eigenvalue weighted by Crippen LogP contribution is 2.21. The second-order valence-corrected chi connectivity index (χ2v) is 6.99. The van der Waals surface area contributed by atoms with Gasteiger partial charge in [-0.2, -0.15) is 5.10 Å². The molecule has 1 aliphatic rings. The van der Waals surface area contributed by atoms with Gasteiger partial charge in [0.05, 0.1) is 11.6 Å². The maximum atomic E-state index is 11.5. The van der Waals surface area contributed by atoms with Crippen LogP contribution in [0.5, 0.6) is 5.75 Å². The molecule has 0 unspecified atom stereocenters. The van der Waals surface area contributed by atoms with E-state index in [2.05, 4.69) is 46.4 Å². The topological polar surface area (TPSA) is 84.9 Å². The Morgan fingerprint density at radius 2 is 2.00 bits per heavy atom. The second-order valence-electron chi connectivity index (χ2n) is 6.99. The molecule has 2 aromatic heterocycles. The van der Waals surface area contributed by atoms with E-state index in [0.717, 1.165) is 30.8 Å². The number of aromatic nitrogens is 3. The summed E-state index contributed by atoms with van der Waals surface area (Å²) in [7, 11) is 0. The van der Waals surface area contributed by atoms with E-state index in [9.17, 15) is 9.59 Å². The molecule has 1 N–H and O–H groups in total. The number of benzene rings is 1. The van der Waals surface area contributed by atoms with Crippen molar-refractivity contribution in [2.45, 2.75) is 40.0 Å². The van der Waals surface area contributed by atoms with Crippen LogP contribution in [0.3, 0.4) is 0 Å². The molecule has 0 radical (unpaired) electrons. The predicted molar refractivity (Wildman–Crippen MR) is 117 cm³/mol. The van der Waals surface area contributed by atoms with Crippen molar-refractivity contribution in [1.29, 1.82) is 0 Å². The Morgan fingerprint density at radius 1 is 1.17 bits per heavy atom. The van der Waals surface area contributed by atoms with E-state index in [1.807, 2.05) is 18.2 Å². The molecule has 0 amide bonds. The zero-order valence-corrected chi connectivity index (χ0v) is 17.4. The Bertz CT molecular complexity index is 1130. The minimum absolute atomic E-state index is 0.158. The normalized spacial score (nSPS) is 12.7. The Labute approximate surface area is 175 Å². The summed E-state index contributed by atoms with van der Waals surface area (Å²) >= 11 is 0. The summed E-state index contributed by atoms with van der Waals surface area (Å²) in [6.45, 7) is 4.99. The number of carbonyl (C=O) groups is 2. The molecule has 6 nitrogen and oxygen atoms in total. The summed E-state index contributed by atoms with van der Waals surface area (Å²) in [5.74, 6) is 1.69. The highest BCUT2D eigenvalue weighted by Gasteiger charge is 2.16. The number of H-pyrrole nitrogens is 1. The van der Waals surface area contributed by atoms with Crippen LogP contribution in [0.1, 0.15) is 59.9 Å². The number of aryl methyl sites for hydroxylation is 1. The lowest BCUT2D eigenvalue weighted by Crippen LogP contribution is -2.05. The maximum Gasteiger partial charge on any atom is 0.162 e. The van der Waals surface area contributed by atoms with Crippen molar-refractivity contribution >= 4 is 22.6 Å². The maximum absolute atomic E-state index is 11.5. The first-order valence-corrected chi connectivity index (χ1v) is 9.96. The van der Waals surface area contributed by atoms with Gasteiger partial charge in [0, 0.05) is 23.7 Å². The van der Waals surface area contributed by atoms with Gasteiger partial charge in [-0.3, -0.25) is 14.7 Å². The summed E-state index contributed by atoms with van der Waals surface area (Å²) < 4.78 is 5.81. The zero-order chi connectivity index (χ0) is 21.5. The average molecular weight is 403 g/mol. The van der Waals surface area contributed by atoms with E-state index in [0.29, 0.717) is 22.2 Å². The van der Waals surface area contributed by atoms with E-state index >= 15 is 0 Å². The molecule has 4 rings (SSSR count). The molecule has 6 heteroatoms. The van der Waals surface area contributed by atoms with Gasteiger partial charge in [0.1, 0.15) is 11.5 Å². The number of rotatable bonds is 5. The molecule has 0 fully saturated rings. The number of nitrogens with zero attached hydrogens (tertiary/aromatic N) is 2. The van der Waals surface area contributed by atoms with Crippen molar-refractivity contribution in [1.82, 2.24) is 15.2 Å². The molecule has 1 aromatic carbocycles. The fourth-order valence-electron chi connectivity index (χ4n) is 3.19. The van der Waals surface area contributed by atoms with E-state index in [4.69, 9.17) is 4.74 Å². The summed E-state index contributed by atoms with van der Waals surface area (Å²) in [6, 6.07) is 8.30. The van der Waals surface area contributed by atoms with Crippen LogP contribution in [0.15, 0.2) is 60.6 Å². The number of allylic oxidation sites excluding steroid dienone is 4. The highest BCUT2D eigenvalue weighted by molar-refractivity contribution is 6.14. The number of carbonyl (C=O) groups excluding carboxylic acids is 2. The number of fused-ring (bicyclic) bond motifs is 1. The number of ketones is 2. The molecular formula is C24H25N3O3. The van der Waals surface area contributed by atoms with Crippen molar-refractivity contribution in [3.8, 4) is 5.75 Å². The molecule has 0 saturated carbocycles. The molecule has 0 bridgehead atoms. The van der Waals surface area contributed by atoms with Crippen LogP contribution < -0.4 is 4.74 Å². The molecule has 2 heterocycles. The molecule has 0 atom stereocenters. The van der Waals surface area contributed by atoms with Gasteiger partial charge in [0.2, 0.25) is 0 Å². The Hall–Kier alpha value is -3.54. The fourth-order valence-corrected chi connectivity index (χ4v) is 3.19. The molecule has 0 saturated heterocycles. The van der Waals surface area contributed by atoms with Crippen molar-refractivity contribution in [2.24, 2.45) is 0 Å². The van der Waals surface area contributed by atoms with Crippen LogP contribution in [0.25, 0.3) is 11.0 Å². The van der Waals surface area contributed by atoms with Crippen LogP contribution in [-0.2, 0) is 6.42 Å². The van der Waals surface area contributed by atoms with Gasteiger partial charge < -0.3 is 4.74 Å². The van der Waals surface area contributed by atoms with E-state index in [1.165, 1.54) is 31.8 Å². The lowest BCUT2D eigenvalue weighted by Gasteiger charge is -2.11. The minimum atomic E-state index is -0.171. The molecule has 154 valence electrons. The second kappa shape index (κ2) is 9.78. The largest absolute Gasteiger partial charge is 0.462 e. The third-order valence-electron chi connectivity index (χ3n) is 4.74. The zero-order valence-electron chi connectivity index (χ0n) is 17.4. The third kappa shape index (κ3) is 5.08. The number of Topliss-reactive ketones (excluding diaryl/α,β-unsaturated/α-hetero) is 2. The van der Waals surface area contributed by atoms with Gasteiger partial charge in [-0.1, -0.05) is 31.2 Å². The van der Waals surface area contributed by atoms with Crippen LogP contribution in [0.4, 0.5) is 0 Å². The standard InChI is InChI=1S/C14H16O.C10H9N3O2/c1-2-12-7-6-10-14(11-12)15-13-8-4-3-5-9-13;1-5(14)7-3-11-10-8(4-12-13-10)9(7)6(2)15/h3-4,6-8,10-11H,2,5,9H2,1H3;3-4H,1-2H3,(H,11,12,13). The van der Waals surface area contributed by atoms with E-state index in [1.54, 1.807) is 0 Å². The Kier molecular flexibility index (Phi) is 6.91. The fraction of sp³-hybridized carbons (Fsp3) is 0.250. The molecule has 30 heavy (non-hydrogen) atoms. The molecule has 0 spiro atoms. The molecule has 1 aliphatic carbocycles. The summed E-state index contributed by atoms with van der Waals surface area (Å²) in [5.41, 5.74) is 2.57. The first-order valence-electron chi connectivity index (χ1n) is 9.96. The van der Waals surface area contributed by atoms with E-state index in [-0.39, 0.29) is 11.6 Å². The summed E-state index contributed by atoms with van der Waals surface area (Å²) in [5, 5.41) is 7.04. The van der Waals surface area contributed by atoms with Crippen LogP contribution in [0.2, 0.25) is 0 Å². The van der Waals surface area contributed by atoms with Gasteiger partial charge in [0.15, 0.2) is 17.2 Å². The molecular weight excluding hydrogens is 378 g/mol. The number of hydrogen-bond donors (Lipinski definition) is 1. The van der Waals surface area contributed by atoms with Gasteiger partial charge in [-0.15, -0.1) is 0 Å². The average Bonchev–Trinajstić information content (AvgIpc) is 3.23. The van der Waals surface area contributed by atoms with Gasteiger partial charge in [0.25, 0.3) is 0 Å². The first kappa shape index (κ1) is 21.2. The van der Waals surface area contributed by atoms with Crippen LogP contribution in [-0.4, -0.2) is 26.7 Å². The Balaban J connectivity index is 0.000000171. The van der Waals surface area contributed by atoms with E-state index < -0.39 is 0 Å². The van der Waals surface area contributed by atoms with Crippen molar-refractivity contribution < 1.29 is 14.3 Å². The third-order valence-corrected chi connectivity index (χ3v) is 4.74. The van der Waals surface area contributed by atoms with Gasteiger partial charge in [-0.05, 0) is 50.5 Å². The van der Waals surface area contributed by atoms with Gasteiger partial charge >= 0.3 is 0 Å². The number of hydrogen-bond acceptors (Lipinski definition) is 5. The van der Waals surface area contributed by atoms with Crippen LogP contribution >= 0.6 is 0 Å². The summed E-state index contributed by atoms with van der Waals surface area (Å²) in [4.78, 5) is 26.8. The predicted octanol–water partition coefficient (Wildman–Crippen LogP) is 5.22. The molecule has 0 aliphatic heterocycles. The van der Waals surface area contributed by atoms with Crippen molar-refractivity contribution in [3.63, 3.8) is 0 Å². The van der Waals surface area contributed by atoms with Crippen LogP contribution in [0, 0.1) is 0 Å². The number of pyridine rings is 1. The highest BCUT2D eigenvalue weighted by atomic mass is 16.5. The lowest BCUT2D eigenvalue weighted by molar-refractivity contribution is 0.0981. The summed E-state index contributed by atoms with van der Waals surface area (Å²) in [6.07, 6.45) is 12.3. The molecule has 3 aromatic rings. The Morgan fingerprint density at radius 3 is 2.67 bits per heavy atom. The monoisotopic (exact) mass is 403 g/mol. The quantitative estimate of drug-likeness (QED) is 0.590. The minimum Gasteiger partial charge on any atom is -0.462 e. The number of ether oxygens (including phenoxy) is 1. The van der Waals surface area contributed by atoms with Crippen molar-refractivity contribution in [2.75, 3.05) is 0 Å². The smallest absolute Gasteiger partial charge is 0.162 e. The SMILES string of the molecule is CC(=O)c1cnc2[nH]ncc2c1C(C)=O.CCc1cccc(OC2=CC=CCC2)c1. The number of aromatic amines is 1. The van der Waals surface area contributed by atoms with Crippen molar-refractivity contribution in [3.05, 3.63) is 77.3 Å². The number of nitrogens with one attached hydrogen (secondary N) is 1. The van der Waals surface area contributed by atoms with Gasteiger partial charge in [-0.25, -0.2) is 4.98 Å². The lowest BCUT2D eigenvalue weighted by atomic mass is 10.0. The first-order chi connectivity index (χ1) is 14.5.